The van der Waals surface area contributed by atoms with Gasteiger partial charge in [0.1, 0.15) is 17.2 Å². The van der Waals surface area contributed by atoms with E-state index in [1.54, 1.807) is 42.5 Å². The van der Waals surface area contributed by atoms with Gasteiger partial charge in [0.15, 0.2) is 0 Å². The molecule has 8 heteroatoms. The van der Waals surface area contributed by atoms with Crippen LogP contribution in [0.1, 0.15) is 28.8 Å². The first-order valence-electron chi connectivity index (χ1n) is 13.7. The van der Waals surface area contributed by atoms with Crippen molar-refractivity contribution < 1.29 is 19.1 Å². The van der Waals surface area contributed by atoms with Crippen LogP contribution in [0.5, 0.6) is 17.2 Å². The number of para-hydroxylation sites is 1. The van der Waals surface area contributed by atoms with E-state index in [0.717, 1.165) is 38.2 Å². The fourth-order valence-electron chi connectivity index (χ4n) is 4.82. The maximum absolute atomic E-state index is 13.1. The Morgan fingerprint density at radius 2 is 1.39 bits per heavy atom. The summed E-state index contributed by atoms with van der Waals surface area (Å²) in [6.45, 7) is 2.78. The van der Waals surface area contributed by atoms with E-state index in [-0.39, 0.29) is 11.9 Å². The Bertz CT molecular complexity index is 1440. The van der Waals surface area contributed by atoms with E-state index in [4.69, 9.17) is 9.47 Å². The molecule has 0 bridgehead atoms. The Kier molecular flexibility index (Phi) is 9.13. The average Bonchev–Trinajstić information content (AvgIpc) is 3.00. The summed E-state index contributed by atoms with van der Waals surface area (Å²) in [7, 11) is 1.51. The maximum Gasteiger partial charge on any atom is 0.323 e. The molecule has 0 spiro atoms. The van der Waals surface area contributed by atoms with Gasteiger partial charge in [-0.05, 0) is 66.9 Å². The third kappa shape index (κ3) is 7.86. The number of nitrogens with zero attached hydrogens (tertiary/aromatic N) is 1. The van der Waals surface area contributed by atoms with Crippen LogP contribution >= 0.6 is 0 Å². The maximum atomic E-state index is 13.1. The number of amides is 3. The Morgan fingerprint density at radius 1 is 0.780 bits per heavy atom. The van der Waals surface area contributed by atoms with Gasteiger partial charge in [0.25, 0.3) is 5.91 Å². The minimum atomic E-state index is -0.414. The number of methoxy groups -OCH3 is 1. The van der Waals surface area contributed by atoms with Crippen molar-refractivity contribution in [3.8, 4) is 17.2 Å². The van der Waals surface area contributed by atoms with Crippen molar-refractivity contribution in [2.75, 3.05) is 30.8 Å². The molecule has 3 amide bonds. The average molecular weight is 551 g/mol. The predicted molar refractivity (Wildman–Crippen MR) is 161 cm³/mol. The number of anilines is 2. The van der Waals surface area contributed by atoms with Gasteiger partial charge in [-0.3, -0.25) is 9.69 Å². The molecular formula is C33H34N4O4. The van der Waals surface area contributed by atoms with Crippen molar-refractivity contribution in [1.29, 1.82) is 0 Å². The Morgan fingerprint density at radius 3 is 2.07 bits per heavy atom. The molecule has 1 aliphatic rings. The molecule has 41 heavy (non-hydrogen) atoms. The predicted octanol–water partition coefficient (Wildman–Crippen LogP) is 6.53. The number of piperidine rings is 1. The molecule has 1 fully saturated rings. The molecule has 5 rings (SSSR count). The van der Waals surface area contributed by atoms with E-state index < -0.39 is 6.03 Å². The zero-order valence-electron chi connectivity index (χ0n) is 23.0. The van der Waals surface area contributed by atoms with Gasteiger partial charge in [-0.15, -0.1) is 0 Å². The summed E-state index contributed by atoms with van der Waals surface area (Å²) in [5.41, 5.74) is 2.85. The van der Waals surface area contributed by atoms with Crippen LogP contribution in [-0.2, 0) is 6.54 Å². The summed E-state index contributed by atoms with van der Waals surface area (Å²) in [4.78, 5) is 28.1. The molecule has 0 radical (unpaired) electrons. The number of nitrogens with one attached hydrogen (secondary N) is 3. The molecule has 8 nitrogen and oxygen atoms in total. The minimum absolute atomic E-state index is 0.104. The first-order valence-corrected chi connectivity index (χ1v) is 13.7. The molecule has 1 aliphatic heterocycles. The van der Waals surface area contributed by atoms with Crippen molar-refractivity contribution in [1.82, 2.24) is 10.2 Å². The molecule has 0 atom stereocenters. The van der Waals surface area contributed by atoms with Crippen molar-refractivity contribution in [2.45, 2.75) is 25.4 Å². The smallest absolute Gasteiger partial charge is 0.323 e. The van der Waals surface area contributed by atoms with E-state index in [0.29, 0.717) is 28.4 Å². The monoisotopic (exact) mass is 550 g/mol. The number of carbonyl (C=O) groups is 2. The van der Waals surface area contributed by atoms with Crippen molar-refractivity contribution in [2.24, 2.45) is 0 Å². The van der Waals surface area contributed by atoms with Gasteiger partial charge in [0.2, 0.25) is 0 Å². The summed E-state index contributed by atoms with van der Waals surface area (Å²) in [6, 6.07) is 31.7. The van der Waals surface area contributed by atoms with Crippen LogP contribution in [0.25, 0.3) is 0 Å². The molecule has 210 valence electrons. The number of urea groups is 1. The van der Waals surface area contributed by atoms with Crippen LogP contribution in [0, 0.1) is 0 Å². The Hall–Kier alpha value is -4.82. The fraction of sp³-hybridized carbons (Fsp3) is 0.212. The van der Waals surface area contributed by atoms with Gasteiger partial charge < -0.3 is 25.4 Å². The van der Waals surface area contributed by atoms with E-state index in [9.17, 15) is 9.59 Å². The van der Waals surface area contributed by atoms with Gasteiger partial charge >= 0.3 is 6.03 Å². The van der Waals surface area contributed by atoms with Gasteiger partial charge in [0.05, 0.1) is 12.7 Å². The molecule has 1 saturated heterocycles. The van der Waals surface area contributed by atoms with E-state index in [1.165, 1.54) is 12.7 Å². The second kappa shape index (κ2) is 13.5. The largest absolute Gasteiger partial charge is 0.496 e. The first kappa shape index (κ1) is 27.7. The second-order valence-corrected chi connectivity index (χ2v) is 9.94. The zero-order valence-corrected chi connectivity index (χ0v) is 23.0. The molecule has 0 aliphatic carbocycles. The molecule has 0 unspecified atom stereocenters. The third-order valence-electron chi connectivity index (χ3n) is 6.97. The molecule has 1 heterocycles. The SMILES string of the molecule is COc1cc(NC(=O)Nc2ccc(Oc3ccccc3)cc2)ccc1C(=O)NC1CCN(Cc2ccccc2)CC1. The number of hydrogen-bond donors (Lipinski definition) is 3. The van der Waals surface area contributed by atoms with E-state index >= 15 is 0 Å². The number of carbonyl (C=O) groups excluding carboxylic acids is 2. The Labute approximate surface area is 240 Å². The van der Waals surface area contributed by atoms with E-state index in [1.807, 2.05) is 36.4 Å². The molecule has 0 aromatic heterocycles. The van der Waals surface area contributed by atoms with Crippen LogP contribution < -0.4 is 25.4 Å². The number of hydrogen-bond acceptors (Lipinski definition) is 5. The number of rotatable bonds is 9. The fourth-order valence-corrected chi connectivity index (χ4v) is 4.82. The lowest BCUT2D eigenvalue weighted by atomic mass is 10.0. The van der Waals surface area contributed by atoms with Crippen molar-refractivity contribution in [3.63, 3.8) is 0 Å². The normalized spacial score (nSPS) is 13.7. The van der Waals surface area contributed by atoms with Gasteiger partial charge in [-0.2, -0.15) is 0 Å². The van der Waals surface area contributed by atoms with Crippen LogP contribution in [0.4, 0.5) is 16.2 Å². The van der Waals surface area contributed by atoms with Crippen LogP contribution in [0.3, 0.4) is 0 Å². The van der Waals surface area contributed by atoms with Gasteiger partial charge in [-0.25, -0.2) is 4.79 Å². The summed E-state index contributed by atoms with van der Waals surface area (Å²) in [5, 5.41) is 8.74. The highest BCUT2D eigenvalue weighted by Crippen LogP contribution is 2.25. The quantitative estimate of drug-likeness (QED) is 0.221. The Balaban J connectivity index is 1.11. The van der Waals surface area contributed by atoms with E-state index in [2.05, 4.69) is 45.1 Å². The highest BCUT2D eigenvalue weighted by Gasteiger charge is 2.23. The zero-order chi connectivity index (χ0) is 28.4. The highest BCUT2D eigenvalue weighted by molar-refractivity contribution is 6.01. The highest BCUT2D eigenvalue weighted by atomic mass is 16.5. The first-order chi connectivity index (χ1) is 20.1. The van der Waals surface area contributed by atoms with Gasteiger partial charge in [0, 0.05) is 43.1 Å². The summed E-state index contributed by atoms with van der Waals surface area (Å²) >= 11 is 0. The summed E-state index contributed by atoms with van der Waals surface area (Å²) in [6.07, 6.45) is 1.78. The summed E-state index contributed by atoms with van der Waals surface area (Å²) in [5.74, 6) is 1.61. The third-order valence-corrected chi connectivity index (χ3v) is 6.97. The lowest BCUT2D eigenvalue weighted by Gasteiger charge is -2.32. The van der Waals surface area contributed by atoms with Crippen LogP contribution in [0.2, 0.25) is 0 Å². The minimum Gasteiger partial charge on any atom is -0.496 e. The summed E-state index contributed by atoms with van der Waals surface area (Å²) < 4.78 is 11.3. The van der Waals surface area contributed by atoms with Gasteiger partial charge in [-0.1, -0.05) is 48.5 Å². The van der Waals surface area contributed by atoms with Crippen molar-refractivity contribution in [3.05, 3.63) is 114 Å². The lowest BCUT2D eigenvalue weighted by molar-refractivity contribution is 0.0906. The topological polar surface area (TPSA) is 91.9 Å². The number of likely N-dealkylation sites (tertiary alicyclic amines) is 1. The molecule has 4 aromatic carbocycles. The van der Waals surface area contributed by atoms with Crippen LogP contribution in [0.15, 0.2) is 103 Å². The lowest BCUT2D eigenvalue weighted by Crippen LogP contribution is -2.44. The van der Waals surface area contributed by atoms with Crippen LogP contribution in [-0.4, -0.2) is 43.1 Å². The standard InChI is InChI=1S/C33H34N4O4/c1-40-31-22-27(36-33(39)35-25-12-15-29(16-13-25)41-28-10-6-3-7-11-28)14-17-30(31)32(38)34-26-18-20-37(21-19-26)23-24-8-4-2-5-9-24/h2-17,22,26H,18-21,23H2,1H3,(H,34,38)(H2,35,36,39). The number of ether oxygens (including phenoxy) is 2. The molecule has 0 saturated carbocycles. The molecule has 4 aromatic rings. The molecular weight excluding hydrogens is 516 g/mol. The number of benzene rings is 4. The van der Waals surface area contributed by atoms with Crippen molar-refractivity contribution >= 4 is 23.3 Å². The molecule has 3 N–H and O–H groups in total. The second-order valence-electron chi connectivity index (χ2n) is 9.94.